The normalized spacial score (nSPS) is 21.2. The van der Waals surface area contributed by atoms with Gasteiger partial charge in [-0.25, -0.2) is 22.5 Å². The lowest BCUT2D eigenvalue weighted by atomic mass is 9.59. The molecule has 19 heteroatoms. The third-order valence-corrected chi connectivity index (χ3v) is 18.4. The van der Waals surface area contributed by atoms with Crippen LogP contribution < -0.4 is 24.4 Å². The van der Waals surface area contributed by atoms with E-state index in [1.165, 1.54) is 53.3 Å². The maximum Gasteiger partial charge on any atom is 0.293 e. The van der Waals surface area contributed by atoms with Crippen molar-refractivity contribution < 1.29 is 41.5 Å². The molecule has 0 radical (unpaired) electrons. The van der Waals surface area contributed by atoms with E-state index in [4.69, 9.17) is 13.9 Å². The highest BCUT2D eigenvalue weighted by Crippen LogP contribution is 2.53. The van der Waals surface area contributed by atoms with Gasteiger partial charge in [-0.15, -0.1) is 0 Å². The Kier molecular flexibility index (Phi) is 14.5. The number of amides is 1. The van der Waals surface area contributed by atoms with E-state index in [9.17, 15) is 32.8 Å². The number of aromatic nitrogens is 2. The topological polar surface area (TPSA) is 209 Å². The number of benzene rings is 4. The number of piperazine rings is 1. The first-order chi connectivity index (χ1) is 37.4. The predicted molar refractivity (Wildman–Crippen MR) is 296 cm³/mol. The molecule has 2 saturated carbocycles. The van der Waals surface area contributed by atoms with Crippen LogP contribution in [0, 0.1) is 27.3 Å². The molecule has 11 rings (SSSR count). The fraction of sp³-hybridized carbons (Fsp3) is 0.424. The molecule has 4 fully saturated rings. The van der Waals surface area contributed by atoms with Crippen molar-refractivity contribution in [3.05, 3.63) is 142 Å². The first kappa shape index (κ1) is 53.0. The lowest BCUT2D eigenvalue weighted by Crippen LogP contribution is -2.60. The van der Waals surface area contributed by atoms with Gasteiger partial charge in [0.05, 0.1) is 45.9 Å². The summed E-state index contributed by atoms with van der Waals surface area (Å²) in [6.07, 6.45) is 11.1. The number of sulfonamides is 1. The number of nitrogens with one attached hydrogen (secondary N) is 3. The number of anilines is 2. The second-order valence-electron chi connectivity index (χ2n) is 22.6. The monoisotopic (exact) mass is 1080 g/mol. The molecular formula is C59H67FN8O9S. The number of carbonyl (C=O) groups is 1. The van der Waals surface area contributed by atoms with Crippen LogP contribution in [0.3, 0.4) is 0 Å². The molecule has 4 aliphatic rings. The summed E-state index contributed by atoms with van der Waals surface area (Å²) in [6, 6.07) is 25.7. The number of nitro benzene ring substituents is 1. The maximum atomic E-state index is 14.8. The Morgan fingerprint density at radius 1 is 0.987 bits per heavy atom. The van der Waals surface area contributed by atoms with Crippen LogP contribution in [0.1, 0.15) is 111 Å². The van der Waals surface area contributed by atoms with Crippen molar-refractivity contribution in [3.8, 4) is 17.2 Å². The second-order valence-corrected chi connectivity index (χ2v) is 24.3. The van der Waals surface area contributed by atoms with E-state index in [1.54, 1.807) is 32.4 Å². The molecule has 2 aliphatic carbocycles. The average molecular weight is 1080 g/mol. The Labute approximate surface area is 453 Å². The van der Waals surface area contributed by atoms with E-state index in [0.717, 1.165) is 106 Å². The van der Waals surface area contributed by atoms with Gasteiger partial charge in [0.1, 0.15) is 28.7 Å². The molecule has 410 valence electrons. The van der Waals surface area contributed by atoms with Crippen LogP contribution in [0.4, 0.5) is 21.5 Å². The first-order valence-corrected chi connectivity index (χ1v) is 28.5. The van der Waals surface area contributed by atoms with E-state index in [1.807, 2.05) is 6.07 Å². The van der Waals surface area contributed by atoms with Gasteiger partial charge >= 0.3 is 0 Å². The van der Waals surface area contributed by atoms with Crippen LogP contribution >= 0.6 is 0 Å². The zero-order valence-electron chi connectivity index (χ0n) is 44.5. The van der Waals surface area contributed by atoms with Crippen molar-refractivity contribution in [2.75, 3.05) is 56.6 Å². The maximum absolute atomic E-state index is 14.8. The molecule has 78 heavy (non-hydrogen) atoms. The Morgan fingerprint density at radius 2 is 1.77 bits per heavy atom. The van der Waals surface area contributed by atoms with Gasteiger partial charge in [-0.05, 0) is 141 Å². The summed E-state index contributed by atoms with van der Waals surface area (Å²) >= 11 is 0. The molecule has 4 aromatic carbocycles. The van der Waals surface area contributed by atoms with Crippen molar-refractivity contribution in [3.63, 3.8) is 0 Å². The van der Waals surface area contributed by atoms with Gasteiger partial charge in [-0.1, -0.05) is 38.1 Å². The third kappa shape index (κ3) is 10.9. The van der Waals surface area contributed by atoms with Crippen molar-refractivity contribution in [1.29, 1.82) is 0 Å². The Hall–Kier alpha value is -7.06. The van der Waals surface area contributed by atoms with Crippen LogP contribution in [-0.2, 0) is 16.6 Å². The minimum atomic E-state index is -4.65. The molecule has 2 saturated heterocycles. The van der Waals surface area contributed by atoms with Crippen LogP contribution in [0.5, 0.6) is 17.2 Å². The summed E-state index contributed by atoms with van der Waals surface area (Å²) in [5.41, 5.74) is 4.80. The molecule has 1 spiro atoms. The standard InChI is InChI=1S/C59H67FN8O9S/c1-37(2)45-7-5-6-8-46(45)52-36-65(35-39-25-40-15-24-76-55(40)54(26-39)75-4)22-23-67(52)42-30-59(31-42)18-20-66(21-19-59)41-9-11-47(53(27-41)77-43-28-48-49(60)34-63-56(48)62-33-43)57(69)64-78(73,74)44-10-12-50(51(29-44)68(71)72)61-32-38-13-16-58(3,70)17-14-38/h5-12,15,24-29,33-34,37-38,42,52,61,70H,13-14,16-23,30-32,35-36H2,1-4H3,(H,62,63)(H,64,69)/t38-,52-,58-/m0/s1. The van der Waals surface area contributed by atoms with Gasteiger partial charge in [0, 0.05) is 87.3 Å². The average Bonchev–Trinajstić information content (AvgIpc) is 4.21. The van der Waals surface area contributed by atoms with Gasteiger partial charge in [0.2, 0.25) is 0 Å². The number of rotatable bonds is 16. The van der Waals surface area contributed by atoms with E-state index < -0.39 is 42.9 Å². The second kappa shape index (κ2) is 21.3. The molecule has 3 aromatic heterocycles. The summed E-state index contributed by atoms with van der Waals surface area (Å²) in [6.45, 7) is 11.9. The summed E-state index contributed by atoms with van der Waals surface area (Å²) < 4.78 is 62.4. The highest BCUT2D eigenvalue weighted by atomic mass is 32.2. The van der Waals surface area contributed by atoms with Crippen molar-refractivity contribution in [2.45, 2.75) is 107 Å². The number of furan rings is 1. The van der Waals surface area contributed by atoms with Gasteiger partial charge < -0.3 is 34.2 Å². The number of nitro groups is 1. The van der Waals surface area contributed by atoms with Crippen molar-refractivity contribution in [1.82, 2.24) is 24.5 Å². The highest BCUT2D eigenvalue weighted by molar-refractivity contribution is 7.90. The number of methoxy groups -OCH3 is 1. The van der Waals surface area contributed by atoms with Gasteiger partial charge in [-0.2, -0.15) is 0 Å². The summed E-state index contributed by atoms with van der Waals surface area (Å²) in [7, 11) is -2.97. The SMILES string of the molecule is COc1cc(CN2CCN(C3CC4(CCN(c5ccc(C(=O)NS(=O)(=O)c6ccc(NC[C@H]7CC[C@](C)(O)CC7)c([N+](=O)[O-])c6)c(Oc6cnc7[nH]cc(F)c7c6)c5)CC4)C3)[C@H](c3ccccc3C(C)C)C2)cc2ccoc12. The molecular weight excluding hydrogens is 1020 g/mol. The quantitative estimate of drug-likeness (QED) is 0.0524. The Morgan fingerprint density at radius 3 is 2.53 bits per heavy atom. The number of hydrogen-bond acceptors (Lipinski definition) is 14. The van der Waals surface area contributed by atoms with E-state index in [2.05, 4.69) is 85.0 Å². The lowest BCUT2D eigenvalue weighted by Gasteiger charge is -2.58. The number of halogens is 1. The molecule has 4 N–H and O–H groups in total. The van der Waals surface area contributed by atoms with Crippen LogP contribution in [-0.4, -0.2) is 102 Å². The molecule has 0 bridgehead atoms. The number of aliphatic hydroxyl groups is 1. The molecule has 1 atom stereocenters. The van der Waals surface area contributed by atoms with Crippen LogP contribution in [0.2, 0.25) is 0 Å². The zero-order chi connectivity index (χ0) is 54.5. The number of pyridine rings is 1. The van der Waals surface area contributed by atoms with E-state index >= 15 is 0 Å². The fourth-order valence-electron chi connectivity index (χ4n) is 12.6. The molecule has 1 amide bonds. The Bertz CT molecular complexity index is 3480. The van der Waals surface area contributed by atoms with Gasteiger partial charge in [0.15, 0.2) is 11.3 Å². The predicted octanol–water partition coefficient (Wildman–Crippen LogP) is 11.1. The van der Waals surface area contributed by atoms with E-state index in [-0.39, 0.29) is 45.5 Å². The zero-order valence-corrected chi connectivity index (χ0v) is 45.3. The molecule has 7 aromatic rings. The van der Waals surface area contributed by atoms with Crippen molar-refractivity contribution in [2.24, 2.45) is 11.3 Å². The largest absolute Gasteiger partial charge is 0.493 e. The summed E-state index contributed by atoms with van der Waals surface area (Å²) in [4.78, 5) is 39.9. The number of H-pyrrole nitrogens is 1. The number of ether oxygens (including phenoxy) is 2. The number of carbonyl (C=O) groups excluding carboxylic acids is 1. The molecule has 0 unspecified atom stereocenters. The minimum absolute atomic E-state index is 0.0177. The molecule has 2 aliphatic heterocycles. The van der Waals surface area contributed by atoms with E-state index in [0.29, 0.717) is 37.0 Å². The summed E-state index contributed by atoms with van der Waals surface area (Å²) in [5.74, 6) is -0.130. The summed E-state index contributed by atoms with van der Waals surface area (Å²) in [5, 5.41) is 26.9. The fourth-order valence-corrected chi connectivity index (χ4v) is 13.6. The number of nitrogens with zero attached hydrogens (tertiary/aromatic N) is 5. The van der Waals surface area contributed by atoms with Gasteiger partial charge in [0.25, 0.3) is 21.6 Å². The smallest absolute Gasteiger partial charge is 0.293 e. The van der Waals surface area contributed by atoms with Crippen molar-refractivity contribution >= 4 is 55.0 Å². The number of piperidine rings is 1. The number of fused-ring (bicyclic) bond motifs is 2. The molecule has 5 heterocycles. The van der Waals surface area contributed by atoms with Gasteiger partial charge in [-0.3, -0.25) is 24.7 Å². The minimum Gasteiger partial charge on any atom is -0.493 e. The van der Waals surface area contributed by atoms with Crippen LogP contribution in [0.25, 0.3) is 22.0 Å². The van der Waals surface area contributed by atoms with Crippen LogP contribution in [0.15, 0.2) is 113 Å². The first-order valence-electron chi connectivity index (χ1n) is 27.1. The lowest BCUT2D eigenvalue weighted by molar-refractivity contribution is -0.384. The third-order valence-electron chi connectivity index (χ3n) is 17.0. The Balaban J connectivity index is 0.788. The highest BCUT2D eigenvalue weighted by Gasteiger charge is 2.50. The number of hydrogen-bond donors (Lipinski definition) is 4. The molecule has 17 nitrogen and oxygen atoms in total. The number of aromatic amines is 1.